The SMILES string of the molecule is CCOC(=O)CC(NC(=O)C(CCSC)NC(=O)OC(C)(C)C)c1ccc(OC)c(OC)c1. The number of carbonyl (C=O) groups is 3. The van der Waals surface area contributed by atoms with Crippen LogP contribution >= 0.6 is 11.8 Å². The fourth-order valence-electron chi connectivity index (χ4n) is 2.93. The molecule has 0 aliphatic heterocycles. The number of rotatable bonds is 12. The molecule has 1 aromatic carbocycles. The quantitative estimate of drug-likeness (QED) is 0.434. The van der Waals surface area contributed by atoms with E-state index < -0.39 is 35.7 Å². The van der Waals surface area contributed by atoms with Crippen molar-refractivity contribution in [2.45, 2.75) is 58.2 Å². The standard InChI is InChI=1S/C23H36N2O7S/c1-8-31-20(26)14-17(15-9-10-18(29-5)19(13-15)30-6)24-21(27)16(11-12-33-7)25-22(28)32-23(2,3)4/h9-10,13,16-17H,8,11-12,14H2,1-7H3,(H,24,27)(H,25,28). The van der Waals surface area contributed by atoms with Gasteiger partial charge in [0, 0.05) is 0 Å². The molecule has 9 nitrogen and oxygen atoms in total. The summed E-state index contributed by atoms with van der Waals surface area (Å²) >= 11 is 1.55. The van der Waals surface area contributed by atoms with Gasteiger partial charge in [0.2, 0.25) is 5.91 Å². The smallest absolute Gasteiger partial charge is 0.408 e. The van der Waals surface area contributed by atoms with Crippen molar-refractivity contribution in [3.05, 3.63) is 23.8 Å². The van der Waals surface area contributed by atoms with Crippen LogP contribution in [0.1, 0.15) is 52.1 Å². The minimum Gasteiger partial charge on any atom is -0.493 e. The van der Waals surface area contributed by atoms with Crippen molar-refractivity contribution in [1.29, 1.82) is 0 Å². The van der Waals surface area contributed by atoms with Gasteiger partial charge in [0.25, 0.3) is 0 Å². The highest BCUT2D eigenvalue weighted by molar-refractivity contribution is 7.98. The van der Waals surface area contributed by atoms with Crippen molar-refractivity contribution < 1.29 is 33.3 Å². The van der Waals surface area contributed by atoms with E-state index >= 15 is 0 Å². The average molecular weight is 485 g/mol. The van der Waals surface area contributed by atoms with E-state index in [2.05, 4.69) is 10.6 Å². The lowest BCUT2D eigenvalue weighted by Crippen LogP contribution is -2.49. The molecule has 10 heteroatoms. The molecule has 2 atom stereocenters. The highest BCUT2D eigenvalue weighted by atomic mass is 32.2. The predicted molar refractivity (Wildman–Crippen MR) is 128 cm³/mol. The van der Waals surface area contributed by atoms with Crippen LogP contribution in [0.15, 0.2) is 18.2 Å². The van der Waals surface area contributed by atoms with Gasteiger partial charge in [0.1, 0.15) is 11.6 Å². The summed E-state index contributed by atoms with van der Waals surface area (Å²) in [7, 11) is 3.03. The zero-order chi connectivity index (χ0) is 25.0. The van der Waals surface area contributed by atoms with Gasteiger partial charge >= 0.3 is 12.1 Å². The lowest BCUT2D eigenvalue weighted by Gasteiger charge is -2.25. The Morgan fingerprint density at radius 2 is 1.73 bits per heavy atom. The molecule has 1 rings (SSSR count). The van der Waals surface area contributed by atoms with Gasteiger partial charge in [-0.15, -0.1) is 0 Å². The third-order valence-electron chi connectivity index (χ3n) is 4.42. The van der Waals surface area contributed by atoms with Gasteiger partial charge in [-0.05, 0) is 63.8 Å². The number of alkyl carbamates (subject to hydrolysis) is 1. The molecule has 0 bridgehead atoms. The molecule has 33 heavy (non-hydrogen) atoms. The van der Waals surface area contributed by atoms with E-state index in [-0.39, 0.29) is 13.0 Å². The van der Waals surface area contributed by atoms with Crippen LogP contribution in [0.4, 0.5) is 4.79 Å². The maximum Gasteiger partial charge on any atom is 0.408 e. The highest BCUT2D eigenvalue weighted by Crippen LogP contribution is 2.31. The molecule has 0 spiro atoms. The molecule has 2 unspecified atom stereocenters. The number of nitrogens with one attached hydrogen (secondary N) is 2. The number of hydrogen-bond acceptors (Lipinski definition) is 8. The number of amides is 2. The first kappa shape index (κ1) is 28.4. The van der Waals surface area contributed by atoms with Crippen LogP contribution in [0.2, 0.25) is 0 Å². The number of thioether (sulfide) groups is 1. The van der Waals surface area contributed by atoms with Crippen LogP contribution < -0.4 is 20.1 Å². The van der Waals surface area contributed by atoms with Crippen LogP contribution in [0, 0.1) is 0 Å². The molecule has 0 fully saturated rings. The molecule has 0 saturated carbocycles. The summed E-state index contributed by atoms with van der Waals surface area (Å²) in [4.78, 5) is 37.7. The number of esters is 1. The number of methoxy groups -OCH3 is 2. The van der Waals surface area contributed by atoms with Crippen LogP contribution in [-0.2, 0) is 19.1 Å². The molecule has 0 aromatic heterocycles. The van der Waals surface area contributed by atoms with E-state index in [1.165, 1.54) is 14.2 Å². The van der Waals surface area contributed by atoms with Gasteiger partial charge in [0.05, 0.1) is 33.3 Å². The molecule has 0 heterocycles. The van der Waals surface area contributed by atoms with E-state index in [0.717, 1.165) is 0 Å². The number of benzene rings is 1. The Balaban J connectivity index is 3.14. The van der Waals surface area contributed by atoms with E-state index in [1.807, 2.05) is 6.26 Å². The Morgan fingerprint density at radius 1 is 1.06 bits per heavy atom. The molecule has 0 aliphatic carbocycles. The van der Waals surface area contributed by atoms with Gasteiger partial charge in [-0.1, -0.05) is 6.07 Å². The fraction of sp³-hybridized carbons (Fsp3) is 0.609. The van der Waals surface area contributed by atoms with Crippen LogP contribution in [0.3, 0.4) is 0 Å². The number of hydrogen-bond donors (Lipinski definition) is 2. The van der Waals surface area contributed by atoms with Crippen molar-refractivity contribution in [3.63, 3.8) is 0 Å². The first-order chi connectivity index (χ1) is 15.5. The summed E-state index contributed by atoms with van der Waals surface area (Å²) in [6, 6.07) is 3.60. The Morgan fingerprint density at radius 3 is 2.27 bits per heavy atom. The molecular formula is C23H36N2O7S. The van der Waals surface area contributed by atoms with E-state index in [9.17, 15) is 14.4 Å². The Labute approximate surface area is 200 Å². The van der Waals surface area contributed by atoms with Gasteiger partial charge in [-0.2, -0.15) is 11.8 Å². The molecule has 2 N–H and O–H groups in total. The molecule has 2 amide bonds. The maximum atomic E-state index is 13.2. The zero-order valence-electron chi connectivity index (χ0n) is 20.5. The second-order valence-corrected chi connectivity index (χ2v) is 9.15. The Bertz CT molecular complexity index is 796. The lowest BCUT2D eigenvalue weighted by molar-refractivity contribution is -0.143. The monoisotopic (exact) mass is 484 g/mol. The summed E-state index contributed by atoms with van der Waals surface area (Å²) in [5.74, 6) is 0.737. The van der Waals surface area contributed by atoms with Crippen molar-refractivity contribution in [2.24, 2.45) is 0 Å². The largest absolute Gasteiger partial charge is 0.493 e. The molecule has 0 saturated heterocycles. The first-order valence-corrected chi connectivity index (χ1v) is 12.1. The van der Waals surface area contributed by atoms with Crippen LogP contribution in [-0.4, -0.2) is 62.4 Å². The van der Waals surface area contributed by atoms with Gasteiger partial charge in [-0.3, -0.25) is 9.59 Å². The minimum atomic E-state index is -0.836. The fourth-order valence-corrected chi connectivity index (χ4v) is 3.41. The topological polar surface area (TPSA) is 112 Å². The van der Waals surface area contributed by atoms with Gasteiger partial charge in [-0.25, -0.2) is 4.79 Å². The summed E-state index contributed by atoms with van der Waals surface area (Å²) in [5.41, 5.74) is -0.0635. The minimum absolute atomic E-state index is 0.0866. The molecular weight excluding hydrogens is 448 g/mol. The number of ether oxygens (including phenoxy) is 4. The molecule has 1 aromatic rings. The van der Waals surface area contributed by atoms with Gasteiger partial charge in [0.15, 0.2) is 11.5 Å². The lowest BCUT2D eigenvalue weighted by atomic mass is 10.0. The van der Waals surface area contributed by atoms with Crippen molar-refractivity contribution in [1.82, 2.24) is 10.6 Å². The van der Waals surface area contributed by atoms with Crippen molar-refractivity contribution >= 4 is 29.7 Å². The van der Waals surface area contributed by atoms with E-state index in [0.29, 0.717) is 29.2 Å². The van der Waals surface area contributed by atoms with Gasteiger partial charge < -0.3 is 29.6 Å². The zero-order valence-corrected chi connectivity index (χ0v) is 21.3. The maximum absolute atomic E-state index is 13.2. The third-order valence-corrected chi connectivity index (χ3v) is 5.06. The second kappa shape index (κ2) is 13.8. The molecule has 0 aliphatic rings. The Kier molecular flexibility index (Phi) is 11.9. The van der Waals surface area contributed by atoms with E-state index in [4.69, 9.17) is 18.9 Å². The molecule has 186 valence electrons. The highest BCUT2D eigenvalue weighted by Gasteiger charge is 2.28. The van der Waals surface area contributed by atoms with Crippen LogP contribution in [0.25, 0.3) is 0 Å². The summed E-state index contributed by atoms with van der Waals surface area (Å²) in [6.07, 6.45) is 1.54. The Hall–Kier alpha value is -2.62. The summed E-state index contributed by atoms with van der Waals surface area (Å²) in [6.45, 7) is 7.18. The predicted octanol–water partition coefficient (Wildman–Crippen LogP) is 3.46. The van der Waals surface area contributed by atoms with E-state index in [1.54, 1.807) is 57.7 Å². The average Bonchev–Trinajstić information content (AvgIpc) is 2.74. The summed E-state index contributed by atoms with van der Waals surface area (Å²) < 4.78 is 21.0. The number of carbonyl (C=O) groups excluding carboxylic acids is 3. The normalized spacial score (nSPS) is 12.8. The second-order valence-electron chi connectivity index (χ2n) is 8.17. The molecule has 0 radical (unpaired) electrons. The first-order valence-electron chi connectivity index (χ1n) is 10.7. The van der Waals surface area contributed by atoms with Crippen molar-refractivity contribution in [2.75, 3.05) is 32.8 Å². The van der Waals surface area contributed by atoms with Crippen LogP contribution in [0.5, 0.6) is 11.5 Å². The summed E-state index contributed by atoms with van der Waals surface area (Å²) in [5, 5.41) is 5.51. The van der Waals surface area contributed by atoms with Crippen molar-refractivity contribution in [3.8, 4) is 11.5 Å². The third kappa shape index (κ3) is 10.2.